The van der Waals surface area contributed by atoms with Crippen LogP contribution in [0.1, 0.15) is 41.8 Å². The molecule has 0 spiro atoms. The predicted molar refractivity (Wildman–Crippen MR) is 115 cm³/mol. The van der Waals surface area contributed by atoms with Crippen molar-refractivity contribution in [2.45, 2.75) is 38.3 Å². The molecule has 3 heterocycles. The minimum absolute atomic E-state index is 0.00999. The van der Waals surface area contributed by atoms with Gasteiger partial charge in [0.25, 0.3) is 5.91 Å². The zero-order valence-corrected chi connectivity index (χ0v) is 17.7. The van der Waals surface area contributed by atoms with Crippen LogP contribution in [0.2, 0.25) is 0 Å². The van der Waals surface area contributed by atoms with Crippen molar-refractivity contribution in [3.63, 3.8) is 0 Å². The molecule has 6 heteroatoms. The van der Waals surface area contributed by atoms with Crippen LogP contribution in [-0.2, 0) is 11.3 Å². The number of furan rings is 1. The van der Waals surface area contributed by atoms with Crippen LogP contribution in [0.25, 0.3) is 0 Å². The van der Waals surface area contributed by atoms with Crippen molar-refractivity contribution in [2.24, 2.45) is 5.92 Å². The van der Waals surface area contributed by atoms with Gasteiger partial charge in [0.15, 0.2) is 5.76 Å². The lowest BCUT2D eigenvalue weighted by atomic mass is 9.92. The number of carbonyl (C=O) groups excluding carboxylic acids is 2. The number of carbonyl (C=O) groups is 2. The van der Waals surface area contributed by atoms with Crippen molar-refractivity contribution < 1.29 is 14.0 Å². The molecule has 0 aliphatic carbocycles. The molecule has 0 atom stereocenters. The van der Waals surface area contributed by atoms with Gasteiger partial charge >= 0.3 is 0 Å². The first kappa shape index (κ1) is 20.7. The average molecular weight is 410 g/mol. The molecular formula is C24H31N3O3. The zero-order valence-electron chi connectivity index (χ0n) is 17.7. The normalized spacial score (nSPS) is 19.0. The maximum atomic E-state index is 12.9. The van der Waals surface area contributed by atoms with E-state index in [-0.39, 0.29) is 17.7 Å². The van der Waals surface area contributed by atoms with Crippen molar-refractivity contribution in [1.82, 2.24) is 14.7 Å². The quantitative estimate of drug-likeness (QED) is 0.761. The fourth-order valence-corrected chi connectivity index (χ4v) is 4.75. The predicted octanol–water partition coefficient (Wildman–Crippen LogP) is 3.25. The molecule has 2 aliphatic heterocycles. The monoisotopic (exact) mass is 409 g/mol. The van der Waals surface area contributed by atoms with Gasteiger partial charge in [-0.3, -0.25) is 9.59 Å². The lowest BCUT2D eigenvalue weighted by Crippen LogP contribution is -2.50. The fourth-order valence-electron chi connectivity index (χ4n) is 4.75. The lowest BCUT2D eigenvalue weighted by Gasteiger charge is -2.41. The average Bonchev–Trinajstić information content (AvgIpc) is 3.34. The first-order valence-corrected chi connectivity index (χ1v) is 11.0. The molecule has 2 amide bonds. The summed E-state index contributed by atoms with van der Waals surface area (Å²) < 4.78 is 5.25. The Kier molecular flexibility index (Phi) is 6.53. The summed E-state index contributed by atoms with van der Waals surface area (Å²) in [5.41, 5.74) is 1.17. The van der Waals surface area contributed by atoms with Crippen LogP contribution >= 0.6 is 0 Å². The molecule has 2 saturated heterocycles. The highest BCUT2D eigenvalue weighted by atomic mass is 16.3. The van der Waals surface area contributed by atoms with E-state index in [0.29, 0.717) is 18.3 Å². The van der Waals surface area contributed by atoms with Crippen LogP contribution in [0.3, 0.4) is 0 Å². The molecule has 160 valence electrons. The van der Waals surface area contributed by atoms with E-state index in [1.807, 2.05) is 35.0 Å². The van der Waals surface area contributed by atoms with Gasteiger partial charge in [-0.1, -0.05) is 30.3 Å². The number of rotatable bonds is 5. The van der Waals surface area contributed by atoms with Crippen molar-refractivity contribution in [3.8, 4) is 0 Å². The van der Waals surface area contributed by atoms with Crippen LogP contribution in [0.4, 0.5) is 0 Å². The summed E-state index contributed by atoms with van der Waals surface area (Å²) >= 11 is 0. The molecule has 6 nitrogen and oxygen atoms in total. The Bertz CT molecular complexity index is 821. The van der Waals surface area contributed by atoms with E-state index < -0.39 is 0 Å². The highest BCUT2D eigenvalue weighted by Gasteiger charge is 2.33. The number of hydrogen-bond acceptors (Lipinski definition) is 4. The molecular weight excluding hydrogens is 378 g/mol. The molecule has 2 aliphatic rings. The Morgan fingerprint density at radius 1 is 0.967 bits per heavy atom. The number of benzene rings is 1. The first-order chi connectivity index (χ1) is 14.6. The summed E-state index contributed by atoms with van der Waals surface area (Å²) in [7, 11) is 1.91. The van der Waals surface area contributed by atoms with E-state index in [4.69, 9.17) is 4.42 Å². The Morgan fingerprint density at radius 3 is 2.30 bits per heavy atom. The van der Waals surface area contributed by atoms with Gasteiger partial charge in [-0.15, -0.1) is 0 Å². The smallest absolute Gasteiger partial charge is 0.289 e. The molecule has 2 fully saturated rings. The Labute approximate surface area is 178 Å². The molecule has 0 saturated carbocycles. The SMILES string of the molecule is CN(Cc1ccccc1)C(=O)C1CCN(C2CCN(C(=O)c3ccco3)CC2)CC1. The standard InChI is InChI=1S/C24H31N3O3/c1-25(18-19-6-3-2-4-7-19)23(28)20-9-13-26(14-10-20)21-11-15-27(16-12-21)24(29)22-8-5-17-30-22/h2-8,17,20-21H,9-16,18H2,1H3. The van der Waals surface area contributed by atoms with Crippen LogP contribution in [-0.4, -0.2) is 65.8 Å². The van der Waals surface area contributed by atoms with Gasteiger partial charge in [0, 0.05) is 38.6 Å². The summed E-state index contributed by atoms with van der Waals surface area (Å²) in [6.07, 6.45) is 5.35. The molecule has 30 heavy (non-hydrogen) atoms. The third-order valence-electron chi connectivity index (χ3n) is 6.52. The highest BCUT2D eigenvalue weighted by molar-refractivity contribution is 5.91. The van der Waals surface area contributed by atoms with E-state index in [1.54, 1.807) is 18.4 Å². The Hall–Kier alpha value is -2.60. The molecule has 0 N–H and O–H groups in total. The topological polar surface area (TPSA) is 57.0 Å². The van der Waals surface area contributed by atoms with E-state index >= 15 is 0 Å². The minimum Gasteiger partial charge on any atom is -0.459 e. The van der Waals surface area contributed by atoms with Gasteiger partial charge in [0.2, 0.25) is 5.91 Å². The van der Waals surface area contributed by atoms with E-state index in [0.717, 1.165) is 51.9 Å². The lowest BCUT2D eigenvalue weighted by molar-refractivity contribution is -0.136. The summed E-state index contributed by atoms with van der Waals surface area (Å²) in [6.45, 7) is 4.13. The second kappa shape index (κ2) is 9.47. The van der Waals surface area contributed by atoms with Gasteiger partial charge in [0.05, 0.1) is 6.26 Å². The number of likely N-dealkylation sites (tertiary alicyclic amines) is 2. The van der Waals surface area contributed by atoms with E-state index in [1.165, 1.54) is 5.56 Å². The zero-order chi connectivity index (χ0) is 20.9. The van der Waals surface area contributed by atoms with Crippen molar-refractivity contribution >= 4 is 11.8 Å². The number of hydrogen-bond donors (Lipinski definition) is 0. The van der Waals surface area contributed by atoms with Gasteiger partial charge in [0.1, 0.15) is 0 Å². The summed E-state index contributed by atoms with van der Waals surface area (Å²) in [5.74, 6) is 0.796. The molecule has 2 aromatic rings. The van der Waals surface area contributed by atoms with Crippen LogP contribution in [0, 0.1) is 5.92 Å². The molecule has 0 unspecified atom stereocenters. The Balaban J connectivity index is 1.22. The summed E-state index contributed by atoms with van der Waals surface area (Å²) in [6, 6.07) is 14.1. The van der Waals surface area contributed by atoms with Crippen LogP contribution < -0.4 is 0 Å². The molecule has 1 aromatic heterocycles. The summed E-state index contributed by atoms with van der Waals surface area (Å²) in [4.78, 5) is 31.6. The van der Waals surface area contributed by atoms with Crippen molar-refractivity contribution in [3.05, 3.63) is 60.1 Å². The number of piperidine rings is 2. The maximum Gasteiger partial charge on any atom is 0.289 e. The van der Waals surface area contributed by atoms with E-state index in [2.05, 4.69) is 17.0 Å². The van der Waals surface area contributed by atoms with Gasteiger partial charge in [-0.2, -0.15) is 0 Å². The van der Waals surface area contributed by atoms with E-state index in [9.17, 15) is 9.59 Å². The first-order valence-electron chi connectivity index (χ1n) is 11.0. The van der Waals surface area contributed by atoms with Crippen LogP contribution in [0.5, 0.6) is 0 Å². The molecule has 1 aromatic carbocycles. The van der Waals surface area contributed by atoms with Crippen molar-refractivity contribution in [2.75, 3.05) is 33.2 Å². The van der Waals surface area contributed by atoms with Crippen molar-refractivity contribution in [1.29, 1.82) is 0 Å². The molecule has 4 rings (SSSR count). The highest BCUT2D eigenvalue weighted by Crippen LogP contribution is 2.26. The minimum atomic E-state index is -0.00999. The van der Waals surface area contributed by atoms with Gasteiger partial charge < -0.3 is 19.1 Å². The maximum absolute atomic E-state index is 12.9. The fraction of sp³-hybridized carbons (Fsp3) is 0.500. The summed E-state index contributed by atoms with van der Waals surface area (Å²) in [5, 5.41) is 0. The number of nitrogens with zero attached hydrogens (tertiary/aromatic N) is 3. The van der Waals surface area contributed by atoms with Gasteiger partial charge in [-0.25, -0.2) is 0 Å². The Morgan fingerprint density at radius 2 is 1.67 bits per heavy atom. The largest absolute Gasteiger partial charge is 0.459 e. The third-order valence-corrected chi connectivity index (χ3v) is 6.52. The van der Waals surface area contributed by atoms with Crippen LogP contribution in [0.15, 0.2) is 53.1 Å². The van der Waals surface area contributed by atoms with Gasteiger partial charge in [-0.05, 0) is 56.5 Å². The second-order valence-electron chi connectivity index (χ2n) is 8.49. The molecule has 0 bridgehead atoms. The second-order valence-corrected chi connectivity index (χ2v) is 8.49. The number of amides is 2. The third kappa shape index (κ3) is 4.75. The molecule has 0 radical (unpaired) electrons.